The van der Waals surface area contributed by atoms with Crippen molar-refractivity contribution in [2.45, 2.75) is 32.7 Å². The lowest BCUT2D eigenvalue weighted by Gasteiger charge is -2.27. The highest BCUT2D eigenvalue weighted by Gasteiger charge is 2.20. The first-order chi connectivity index (χ1) is 10.7. The standard InChI is InChI=1S/C18H23N3O/c1-2-20(14-16-9-5-3-6-10-16)15-17(13-19)18(22)21-11-7-4-8-12-21/h3,5-6,9-10,15H,2,4,7-8,11-12,14H2,1H3/b17-15-. The zero-order chi connectivity index (χ0) is 15.8. The van der Waals surface area contributed by atoms with E-state index < -0.39 is 0 Å². The molecule has 0 atom stereocenters. The van der Waals surface area contributed by atoms with Crippen LogP contribution in [0.4, 0.5) is 0 Å². The van der Waals surface area contributed by atoms with Gasteiger partial charge in [-0.25, -0.2) is 0 Å². The highest BCUT2D eigenvalue weighted by molar-refractivity contribution is 5.97. The Balaban J connectivity index is 2.08. The lowest BCUT2D eigenvalue weighted by atomic mass is 10.1. The number of carbonyl (C=O) groups excluding carboxylic acids is 1. The molecule has 0 aliphatic carbocycles. The van der Waals surface area contributed by atoms with Crippen LogP contribution in [-0.4, -0.2) is 35.3 Å². The molecule has 1 aliphatic heterocycles. The Labute approximate surface area is 132 Å². The van der Waals surface area contributed by atoms with E-state index in [0.29, 0.717) is 6.54 Å². The summed E-state index contributed by atoms with van der Waals surface area (Å²) in [4.78, 5) is 16.3. The second-order valence-electron chi connectivity index (χ2n) is 5.56. The minimum atomic E-state index is -0.131. The molecule has 0 bridgehead atoms. The first-order valence-corrected chi connectivity index (χ1v) is 7.93. The molecule has 0 spiro atoms. The first-order valence-electron chi connectivity index (χ1n) is 7.93. The van der Waals surface area contributed by atoms with E-state index in [2.05, 4.69) is 18.2 Å². The molecule has 2 rings (SSSR count). The minimum Gasteiger partial charge on any atom is -0.372 e. The van der Waals surface area contributed by atoms with Gasteiger partial charge in [-0.15, -0.1) is 0 Å². The number of piperidine rings is 1. The fraction of sp³-hybridized carbons (Fsp3) is 0.444. The van der Waals surface area contributed by atoms with Gasteiger partial charge >= 0.3 is 0 Å². The second-order valence-corrected chi connectivity index (χ2v) is 5.56. The van der Waals surface area contributed by atoms with Crippen LogP contribution < -0.4 is 0 Å². The summed E-state index contributed by atoms with van der Waals surface area (Å²) in [6.07, 6.45) is 4.95. The van der Waals surface area contributed by atoms with Gasteiger partial charge in [-0.1, -0.05) is 30.3 Å². The molecule has 116 valence electrons. The summed E-state index contributed by atoms with van der Waals surface area (Å²) in [5.74, 6) is -0.131. The van der Waals surface area contributed by atoms with Crippen molar-refractivity contribution in [2.24, 2.45) is 0 Å². The molecule has 0 N–H and O–H groups in total. The Morgan fingerprint density at radius 2 is 1.95 bits per heavy atom. The summed E-state index contributed by atoms with van der Waals surface area (Å²) in [6.45, 7) is 5.02. The molecule has 1 saturated heterocycles. The largest absolute Gasteiger partial charge is 0.372 e. The second kappa shape index (κ2) is 8.23. The highest BCUT2D eigenvalue weighted by Crippen LogP contribution is 2.13. The van der Waals surface area contributed by atoms with E-state index in [-0.39, 0.29) is 11.5 Å². The number of hydrogen-bond donors (Lipinski definition) is 0. The number of amides is 1. The van der Waals surface area contributed by atoms with Gasteiger partial charge in [0.25, 0.3) is 5.91 Å². The van der Waals surface area contributed by atoms with Gasteiger partial charge in [0.1, 0.15) is 11.6 Å². The smallest absolute Gasteiger partial charge is 0.266 e. The average Bonchev–Trinajstić information content (AvgIpc) is 2.59. The van der Waals surface area contributed by atoms with Gasteiger partial charge < -0.3 is 9.80 Å². The molecule has 1 aromatic carbocycles. The SMILES string of the molecule is CCN(/C=C(/C#N)C(=O)N1CCCCC1)Cc1ccccc1. The Morgan fingerprint density at radius 3 is 2.55 bits per heavy atom. The monoisotopic (exact) mass is 297 g/mol. The van der Waals surface area contributed by atoms with E-state index in [9.17, 15) is 10.1 Å². The Morgan fingerprint density at radius 1 is 1.27 bits per heavy atom. The van der Waals surface area contributed by atoms with Crippen LogP contribution in [-0.2, 0) is 11.3 Å². The van der Waals surface area contributed by atoms with Crippen LogP contribution in [0, 0.1) is 11.3 Å². The molecule has 22 heavy (non-hydrogen) atoms. The van der Waals surface area contributed by atoms with Crippen LogP contribution in [0.5, 0.6) is 0 Å². The maximum absolute atomic E-state index is 12.4. The van der Waals surface area contributed by atoms with Crippen LogP contribution in [0.3, 0.4) is 0 Å². The molecule has 0 unspecified atom stereocenters. The maximum atomic E-state index is 12.4. The van der Waals surface area contributed by atoms with Crippen molar-refractivity contribution in [3.63, 3.8) is 0 Å². The molecule has 1 fully saturated rings. The zero-order valence-corrected chi connectivity index (χ0v) is 13.2. The number of carbonyl (C=O) groups is 1. The third kappa shape index (κ3) is 4.36. The summed E-state index contributed by atoms with van der Waals surface area (Å²) in [5.41, 5.74) is 1.41. The van der Waals surface area contributed by atoms with Crippen molar-refractivity contribution in [2.75, 3.05) is 19.6 Å². The zero-order valence-electron chi connectivity index (χ0n) is 13.2. The topological polar surface area (TPSA) is 47.3 Å². The average molecular weight is 297 g/mol. The van der Waals surface area contributed by atoms with Crippen molar-refractivity contribution in [1.29, 1.82) is 5.26 Å². The van der Waals surface area contributed by atoms with E-state index in [0.717, 1.165) is 32.5 Å². The van der Waals surface area contributed by atoms with Gasteiger partial charge in [0.15, 0.2) is 0 Å². The third-order valence-electron chi connectivity index (χ3n) is 3.94. The van der Waals surface area contributed by atoms with Crippen molar-refractivity contribution in [3.8, 4) is 6.07 Å². The van der Waals surface area contributed by atoms with Gasteiger partial charge in [-0.3, -0.25) is 4.79 Å². The summed E-state index contributed by atoms with van der Waals surface area (Å²) < 4.78 is 0. The van der Waals surface area contributed by atoms with E-state index >= 15 is 0 Å². The first kappa shape index (κ1) is 16.1. The highest BCUT2D eigenvalue weighted by atomic mass is 16.2. The minimum absolute atomic E-state index is 0.131. The van der Waals surface area contributed by atoms with Gasteiger partial charge in [0.2, 0.25) is 0 Å². The molecular weight excluding hydrogens is 274 g/mol. The number of nitrogens with zero attached hydrogens (tertiary/aromatic N) is 3. The molecule has 1 heterocycles. The summed E-state index contributed by atoms with van der Waals surface area (Å²) in [6, 6.07) is 12.2. The third-order valence-corrected chi connectivity index (χ3v) is 3.94. The predicted molar refractivity (Wildman–Crippen MR) is 86.7 cm³/mol. The molecule has 1 amide bonds. The van der Waals surface area contributed by atoms with Crippen molar-refractivity contribution >= 4 is 5.91 Å². The van der Waals surface area contributed by atoms with E-state index in [1.165, 1.54) is 12.0 Å². The van der Waals surface area contributed by atoms with Crippen molar-refractivity contribution < 1.29 is 4.79 Å². The molecule has 1 aliphatic rings. The van der Waals surface area contributed by atoms with Crippen molar-refractivity contribution in [3.05, 3.63) is 47.7 Å². The summed E-state index contributed by atoms with van der Waals surface area (Å²) in [5, 5.41) is 9.35. The fourth-order valence-electron chi connectivity index (χ4n) is 2.65. The normalized spacial score (nSPS) is 15.3. The van der Waals surface area contributed by atoms with E-state index in [4.69, 9.17) is 0 Å². The van der Waals surface area contributed by atoms with Gasteiger partial charge in [-0.05, 0) is 31.7 Å². The Hall–Kier alpha value is -2.28. The van der Waals surface area contributed by atoms with Gasteiger partial charge in [0, 0.05) is 32.4 Å². The number of likely N-dealkylation sites (tertiary alicyclic amines) is 1. The van der Waals surface area contributed by atoms with Crippen LogP contribution in [0.15, 0.2) is 42.1 Å². The van der Waals surface area contributed by atoms with Crippen LogP contribution in [0.1, 0.15) is 31.7 Å². The van der Waals surface area contributed by atoms with Gasteiger partial charge in [-0.2, -0.15) is 5.26 Å². The molecule has 0 aromatic heterocycles. The molecule has 0 saturated carbocycles. The number of rotatable bonds is 5. The summed E-state index contributed by atoms with van der Waals surface area (Å²) in [7, 11) is 0. The Bertz CT molecular complexity index is 553. The van der Waals surface area contributed by atoms with Crippen LogP contribution in [0.2, 0.25) is 0 Å². The van der Waals surface area contributed by atoms with E-state index in [1.807, 2.05) is 30.0 Å². The summed E-state index contributed by atoms with van der Waals surface area (Å²) >= 11 is 0. The number of nitriles is 1. The van der Waals surface area contributed by atoms with E-state index in [1.54, 1.807) is 11.1 Å². The molecule has 4 heteroatoms. The fourth-order valence-corrected chi connectivity index (χ4v) is 2.65. The van der Waals surface area contributed by atoms with Crippen LogP contribution in [0.25, 0.3) is 0 Å². The molecule has 0 radical (unpaired) electrons. The number of hydrogen-bond acceptors (Lipinski definition) is 3. The number of benzene rings is 1. The van der Waals surface area contributed by atoms with Crippen molar-refractivity contribution in [1.82, 2.24) is 9.80 Å². The predicted octanol–water partition coefficient (Wildman–Crippen LogP) is 2.93. The maximum Gasteiger partial charge on any atom is 0.266 e. The molecule has 4 nitrogen and oxygen atoms in total. The molecular formula is C18H23N3O. The van der Waals surface area contributed by atoms with Gasteiger partial charge in [0.05, 0.1) is 0 Å². The van der Waals surface area contributed by atoms with Crippen LogP contribution >= 0.6 is 0 Å². The lowest BCUT2D eigenvalue weighted by Crippen LogP contribution is -2.36. The Kier molecular flexibility index (Phi) is 6.02. The lowest BCUT2D eigenvalue weighted by molar-refractivity contribution is -0.127. The quantitative estimate of drug-likeness (QED) is 0.620. The molecule has 1 aromatic rings.